The molecule has 2 unspecified atom stereocenters. The van der Waals surface area contributed by atoms with E-state index in [1.807, 2.05) is 6.20 Å². The van der Waals surface area contributed by atoms with Gasteiger partial charge >= 0.3 is 0 Å². The molecule has 0 aromatic carbocycles. The third-order valence-corrected chi connectivity index (χ3v) is 4.21. The van der Waals surface area contributed by atoms with Gasteiger partial charge in [0.1, 0.15) is 0 Å². The highest BCUT2D eigenvalue weighted by Crippen LogP contribution is 2.47. The van der Waals surface area contributed by atoms with Crippen molar-refractivity contribution in [3.8, 4) is 0 Å². The summed E-state index contributed by atoms with van der Waals surface area (Å²) in [6.07, 6.45) is 5.82. The molecule has 0 amide bonds. The standard InChI is InChI=1S/C11H18N2S/c1-11(2)5-3-4-9(11)10(12)8-6-13-14-7-8/h6-7,9-10H,3-5,12H2,1-2H3. The number of nitrogens with zero attached hydrogens (tertiary/aromatic N) is 1. The van der Waals surface area contributed by atoms with E-state index in [1.54, 1.807) is 0 Å². The predicted octanol–water partition coefficient (Wildman–Crippen LogP) is 2.97. The first-order valence-electron chi connectivity index (χ1n) is 5.26. The second kappa shape index (κ2) is 3.63. The maximum atomic E-state index is 6.29. The molecule has 1 aromatic heterocycles. The monoisotopic (exact) mass is 210 g/mol. The number of aromatic nitrogens is 1. The summed E-state index contributed by atoms with van der Waals surface area (Å²) in [6.45, 7) is 4.68. The minimum Gasteiger partial charge on any atom is -0.324 e. The zero-order valence-corrected chi connectivity index (χ0v) is 9.68. The summed E-state index contributed by atoms with van der Waals surface area (Å²) >= 11 is 1.50. The smallest absolute Gasteiger partial charge is 0.0454 e. The van der Waals surface area contributed by atoms with Crippen molar-refractivity contribution in [3.63, 3.8) is 0 Å². The molecule has 14 heavy (non-hydrogen) atoms. The van der Waals surface area contributed by atoms with E-state index in [0.717, 1.165) is 0 Å². The molecule has 2 rings (SSSR count). The molecule has 1 aliphatic carbocycles. The Kier molecular flexibility index (Phi) is 2.62. The van der Waals surface area contributed by atoms with E-state index in [2.05, 4.69) is 23.6 Å². The van der Waals surface area contributed by atoms with Crippen LogP contribution in [0.4, 0.5) is 0 Å². The Labute approximate surface area is 89.7 Å². The van der Waals surface area contributed by atoms with Crippen LogP contribution in [0, 0.1) is 11.3 Å². The Morgan fingerprint density at radius 1 is 1.64 bits per heavy atom. The van der Waals surface area contributed by atoms with Gasteiger partial charge in [-0.05, 0) is 41.3 Å². The molecule has 2 nitrogen and oxygen atoms in total. The molecule has 1 saturated carbocycles. The first kappa shape index (κ1) is 10.1. The maximum Gasteiger partial charge on any atom is 0.0454 e. The number of hydrogen-bond donors (Lipinski definition) is 1. The molecule has 2 N–H and O–H groups in total. The Balaban J connectivity index is 2.16. The molecule has 0 spiro atoms. The summed E-state index contributed by atoms with van der Waals surface area (Å²) in [5.41, 5.74) is 7.91. The lowest BCUT2D eigenvalue weighted by Gasteiger charge is -2.31. The summed E-state index contributed by atoms with van der Waals surface area (Å²) in [4.78, 5) is 0. The molecular weight excluding hydrogens is 192 g/mol. The lowest BCUT2D eigenvalue weighted by atomic mass is 9.76. The van der Waals surface area contributed by atoms with Crippen LogP contribution in [0.5, 0.6) is 0 Å². The SMILES string of the molecule is CC1(C)CCCC1C(N)c1cnsc1. The molecule has 78 valence electrons. The van der Waals surface area contributed by atoms with Crippen LogP contribution in [-0.4, -0.2) is 4.37 Å². The van der Waals surface area contributed by atoms with Gasteiger partial charge in [0.25, 0.3) is 0 Å². The zero-order valence-electron chi connectivity index (χ0n) is 8.86. The third-order valence-electron chi connectivity index (χ3n) is 3.61. The maximum absolute atomic E-state index is 6.29. The van der Waals surface area contributed by atoms with E-state index < -0.39 is 0 Å². The topological polar surface area (TPSA) is 38.9 Å². The Morgan fingerprint density at radius 3 is 2.93 bits per heavy atom. The van der Waals surface area contributed by atoms with Crippen LogP contribution in [0.2, 0.25) is 0 Å². The minimum absolute atomic E-state index is 0.186. The average Bonchev–Trinajstić information content (AvgIpc) is 2.71. The molecule has 1 fully saturated rings. The van der Waals surface area contributed by atoms with Crippen molar-refractivity contribution >= 4 is 11.5 Å². The molecule has 1 aromatic rings. The largest absolute Gasteiger partial charge is 0.324 e. The van der Waals surface area contributed by atoms with Gasteiger partial charge in [-0.2, -0.15) is 0 Å². The zero-order chi connectivity index (χ0) is 10.2. The fraction of sp³-hybridized carbons (Fsp3) is 0.727. The van der Waals surface area contributed by atoms with E-state index in [9.17, 15) is 0 Å². The number of nitrogens with two attached hydrogens (primary N) is 1. The summed E-state index contributed by atoms with van der Waals surface area (Å²) < 4.78 is 4.12. The van der Waals surface area contributed by atoms with Gasteiger partial charge in [0, 0.05) is 17.6 Å². The van der Waals surface area contributed by atoms with Crippen LogP contribution in [0.3, 0.4) is 0 Å². The summed E-state index contributed by atoms with van der Waals surface area (Å²) in [5, 5.41) is 2.08. The predicted molar refractivity (Wildman–Crippen MR) is 60.2 cm³/mol. The van der Waals surface area contributed by atoms with Crippen molar-refractivity contribution in [1.29, 1.82) is 0 Å². The molecular formula is C11H18N2S. The molecule has 0 bridgehead atoms. The van der Waals surface area contributed by atoms with Crippen molar-refractivity contribution in [2.24, 2.45) is 17.1 Å². The minimum atomic E-state index is 0.186. The third kappa shape index (κ3) is 1.71. The Morgan fingerprint density at radius 2 is 2.43 bits per heavy atom. The van der Waals surface area contributed by atoms with Gasteiger partial charge in [-0.15, -0.1) is 0 Å². The van der Waals surface area contributed by atoms with Crippen LogP contribution >= 0.6 is 11.5 Å². The van der Waals surface area contributed by atoms with Gasteiger partial charge < -0.3 is 5.73 Å². The number of rotatable bonds is 2. The van der Waals surface area contributed by atoms with Crippen LogP contribution in [0.25, 0.3) is 0 Å². The molecule has 1 aliphatic rings. The lowest BCUT2D eigenvalue weighted by Crippen LogP contribution is -2.29. The van der Waals surface area contributed by atoms with Crippen molar-refractivity contribution in [2.75, 3.05) is 0 Å². The van der Waals surface area contributed by atoms with Crippen LogP contribution < -0.4 is 5.73 Å². The van der Waals surface area contributed by atoms with Crippen molar-refractivity contribution in [2.45, 2.75) is 39.2 Å². The normalized spacial score (nSPS) is 27.8. The molecule has 2 atom stereocenters. The second-order valence-electron chi connectivity index (χ2n) is 4.97. The quantitative estimate of drug-likeness (QED) is 0.815. The highest BCUT2D eigenvalue weighted by Gasteiger charge is 2.38. The van der Waals surface area contributed by atoms with E-state index in [0.29, 0.717) is 11.3 Å². The lowest BCUT2D eigenvalue weighted by molar-refractivity contribution is 0.222. The Hall–Kier alpha value is -0.410. The highest BCUT2D eigenvalue weighted by atomic mass is 32.1. The van der Waals surface area contributed by atoms with Crippen LogP contribution in [-0.2, 0) is 0 Å². The van der Waals surface area contributed by atoms with Crippen LogP contribution in [0.15, 0.2) is 11.6 Å². The van der Waals surface area contributed by atoms with Gasteiger partial charge in [0.2, 0.25) is 0 Å². The molecule has 0 saturated heterocycles. The van der Waals surface area contributed by atoms with Crippen molar-refractivity contribution in [3.05, 3.63) is 17.1 Å². The summed E-state index contributed by atoms with van der Waals surface area (Å²) in [5.74, 6) is 0.624. The Bertz CT molecular complexity index is 292. The van der Waals surface area contributed by atoms with Gasteiger partial charge in [0.05, 0.1) is 0 Å². The molecule has 1 heterocycles. The van der Waals surface area contributed by atoms with Gasteiger partial charge in [-0.25, -0.2) is 4.37 Å². The molecule has 0 radical (unpaired) electrons. The second-order valence-corrected chi connectivity index (χ2v) is 5.63. The fourth-order valence-corrected chi connectivity index (χ4v) is 3.21. The first-order chi connectivity index (χ1) is 6.61. The van der Waals surface area contributed by atoms with E-state index in [4.69, 9.17) is 5.73 Å². The number of hydrogen-bond acceptors (Lipinski definition) is 3. The summed E-state index contributed by atoms with van der Waals surface area (Å²) in [7, 11) is 0. The fourth-order valence-electron chi connectivity index (χ4n) is 2.63. The van der Waals surface area contributed by atoms with Gasteiger partial charge in [-0.1, -0.05) is 20.3 Å². The highest BCUT2D eigenvalue weighted by molar-refractivity contribution is 7.03. The van der Waals surface area contributed by atoms with Gasteiger partial charge in [0.15, 0.2) is 0 Å². The van der Waals surface area contributed by atoms with E-state index >= 15 is 0 Å². The van der Waals surface area contributed by atoms with Gasteiger partial charge in [-0.3, -0.25) is 0 Å². The first-order valence-corrected chi connectivity index (χ1v) is 6.10. The van der Waals surface area contributed by atoms with Crippen LogP contribution in [0.1, 0.15) is 44.7 Å². The molecule has 0 aliphatic heterocycles. The average molecular weight is 210 g/mol. The van der Waals surface area contributed by atoms with Crippen molar-refractivity contribution in [1.82, 2.24) is 4.37 Å². The van der Waals surface area contributed by atoms with E-state index in [1.165, 1.54) is 36.4 Å². The molecule has 3 heteroatoms. The van der Waals surface area contributed by atoms with Crippen molar-refractivity contribution < 1.29 is 0 Å². The van der Waals surface area contributed by atoms with E-state index in [-0.39, 0.29) is 6.04 Å². The summed E-state index contributed by atoms with van der Waals surface area (Å²) in [6, 6.07) is 0.186.